The molecule has 6 nitrogen and oxygen atoms in total. The molecule has 0 saturated carbocycles. The highest BCUT2D eigenvalue weighted by molar-refractivity contribution is 6.30. The molecule has 2 aromatic carbocycles. The van der Waals surface area contributed by atoms with Crippen molar-refractivity contribution >= 4 is 17.5 Å². The van der Waals surface area contributed by atoms with Gasteiger partial charge < -0.3 is 9.64 Å². The van der Waals surface area contributed by atoms with Crippen LogP contribution in [0.4, 0.5) is 0 Å². The minimum absolute atomic E-state index is 0.0728. The van der Waals surface area contributed by atoms with E-state index >= 15 is 0 Å². The van der Waals surface area contributed by atoms with Gasteiger partial charge in [0.2, 0.25) is 0 Å². The zero-order valence-electron chi connectivity index (χ0n) is 15.2. The lowest BCUT2D eigenvalue weighted by molar-refractivity contribution is 0.0177. The number of carbonyl (C=O) groups is 1. The minimum atomic E-state index is -0.0822. The zero-order chi connectivity index (χ0) is 19.7. The lowest BCUT2D eigenvalue weighted by Crippen LogP contribution is -2.56. The molecule has 140 valence electrons. The van der Waals surface area contributed by atoms with E-state index in [0.717, 1.165) is 11.4 Å². The van der Waals surface area contributed by atoms with Crippen molar-refractivity contribution in [3.8, 4) is 17.5 Å². The van der Waals surface area contributed by atoms with E-state index in [1.54, 1.807) is 46.1 Å². The summed E-state index contributed by atoms with van der Waals surface area (Å²) in [5.41, 5.74) is 2.68. The van der Waals surface area contributed by atoms with E-state index in [2.05, 4.69) is 11.2 Å². The summed E-state index contributed by atoms with van der Waals surface area (Å²) >= 11 is 6.05. The molecule has 1 saturated heterocycles. The van der Waals surface area contributed by atoms with Gasteiger partial charge in [-0.25, -0.2) is 4.68 Å². The Balaban J connectivity index is 1.42. The number of carbonyl (C=O) groups excluding carboxylic acids is 1. The van der Waals surface area contributed by atoms with Crippen LogP contribution in [-0.2, 0) is 0 Å². The number of rotatable bonds is 4. The van der Waals surface area contributed by atoms with Gasteiger partial charge in [0.25, 0.3) is 5.91 Å². The molecule has 1 aliphatic heterocycles. The Bertz CT molecular complexity index is 1080. The van der Waals surface area contributed by atoms with Gasteiger partial charge in [0.1, 0.15) is 11.9 Å². The number of nitrogens with zero attached hydrogens (tertiary/aromatic N) is 4. The summed E-state index contributed by atoms with van der Waals surface area (Å²) in [6, 6.07) is 16.4. The van der Waals surface area contributed by atoms with E-state index in [1.807, 2.05) is 25.1 Å². The number of amides is 1. The standard InChI is InChI=1S/C21H17ClN4O2/c1-14-20(11-24-26(14)17-6-3-5-16(22)9-17)21(27)25-12-19(13-25)28-18-7-2-4-15(8-18)10-23/h2-9,11,19H,12-13H2,1H3. The molecule has 7 heteroatoms. The molecule has 1 fully saturated rings. The SMILES string of the molecule is Cc1c(C(=O)N2CC(Oc3cccc(C#N)c3)C2)cnn1-c1cccc(Cl)c1. The molecule has 2 heterocycles. The lowest BCUT2D eigenvalue weighted by atomic mass is 10.1. The molecule has 28 heavy (non-hydrogen) atoms. The van der Waals surface area contributed by atoms with Gasteiger partial charge in [0, 0.05) is 5.02 Å². The molecule has 0 unspecified atom stereocenters. The molecule has 1 amide bonds. The van der Waals surface area contributed by atoms with E-state index in [0.29, 0.717) is 35.0 Å². The van der Waals surface area contributed by atoms with Crippen LogP contribution in [0.25, 0.3) is 5.69 Å². The molecule has 3 aromatic rings. The predicted octanol–water partition coefficient (Wildman–Crippen LogP) is 3.61. The summed E-state index contributed by atoms with van der Waals surface area (Å²) in [5, 5.41) is 13.9. The lowest BCUT2D eigenvalue weighted by Gasteiger charge is -2.38. The topological polar surface area (TPSA) is 71.2 Å². The quantitative estimate of drug-likeness (QED) is 0.680. The first kappa shape index (κ1) is 18.1. The Hall–Kier alpha value is -3.30. The van der Waals surface area contributed by atoms with Crippen molar-refractivity contribution in [2.75, 3.05) is 13.1 Å². The first-order valence-electron chi connectivity index (χ1n) is 8.82. The van der Waals surface area contributed by atoms with Crippen molar-refractivity contribution in [3.05, 3.63) is 76.6 Å². The second-order valence-corrected chi connectivity index (χ2v) is 7.06. The largest absolute Gasteiger partial charge is 0.487 e. The number of benzene rings is 2. The molecule has 1 aromatic heterocycles. The van der Waals surface area contributed by atoms with Gasteiger partial charge in [-0.2, -0.15) is 10.4 Å². The Morgan fingerprint density at radius 1 is 1.25 bits per heavy atom. The van der Waals surface area contributed by atoms with Gasteiger partial charge in [-0.05, 0) is 43.3 Å². The fourth-order valence-electron chi connectivity index (χ4n) is 3.17. The number of aromatic nitrogens is 2. The fourth-order valence-corrected chi connectivity index (χ4v) is 3.35. The minimum Gasteiger partial charge on any atom is -0.487 e. The van der Waals surface area contributed by atoms with E-state index < -0.39 is 0 Å². The average molecular weight is 393 g/mol. The molecule has 0 aliphatic carbocycles. The predicted molar refractivity (Wildman–Crippen MR) is 105 cm³/mol. The van der Waals surface area contributed by atoms with Crippen LogP contribution in [-0.4, -0.2) is 39.8 Å². The highest BCUT2D eigenvalue weighted by atomic mass is 35.5. The Morgan fingerprint density at radius 3 is 2.79 bits per heavy atom. The first-order valence-corrected chi connectivity index (χ1v) is 9.19. The number of nitriles is 1. The van der Waals surface area contributed by atoms with E-state index in [-0.39, 0.29) is 12.0 Å². The summed E-state index contributed by atoms with van der Waals surface area (Å²) in [5.74, 6) is 0.567. The Kier molecular flexibility index (Phi) is 4.76. The third-order valence-electron chi connectivity index (χ3n) is 4.69. The van der Waals surface area contributed by atoms with Crippen LogP contribution < -0.4 is 4.74 Å². The first-order chi connectivity index (χ1) is 13.5. The van der Waals surface area contributed by atoms with Crippen molar-refractivity contribution in [2.24, 2.45) is 0 Å². The highest BCUT2D eigenvalue weighted by Gasteiger charge is 2.34. The summed E-state index contributed by atoms with van der Waals surface area (Å²) < 4.78 is 7.56. The van der Waals surface area contributed by atoms with Gasteiger partial charge in [-0.1, -0.05) is 23.7 Å². The molecule has 0 radical (unpaired) electrons. The molecule has 0 spiro atoms. The summed E-state index contributed by atoms with van der Waals surface area (Å²) in [7, 11) is 0. The van der Waals surface area contributed by atoms with Crippen LogP contribution in [0.2, 0.25) is 5.02 Å². The molecule has 0 N–H and O–H groups in total. The third-order valence-corrected chi connectivity index (χ3v) is 4.93. The maximum Gasteiger partial charge on any atom is 0.257 e. The van der Waals surface area contributed by atoms with Crippen LogP contribution in [0.3, 0.4) is 0 Å². The summed E-state index contributed by atoms with van der Waals surface area (Å²) in [6.45, 7) is 2.86. The van der Waals surface area contributed by atoms with Crippen LogP contribution in [0.1, 0.15) is 21.6 Å². The average Bonchev–Trinajstić information content (AvgIpc) is 3.05. The van der Waals surface area contributed by atoms with Crippen molar-refractivity contribution in [1.82, 2.24) is 14.7 Å². The van der Waals surface area contributed by atoms with Crippen molar-refractivity contribution in [2.45, 2.75) is 13.0 Å². The Morgan fingerprint density at radius 2 is 2.04 bits per heavy atom. The van der Waals surface area contributed by atoms with Crippen molar-refractivity contribution in [3.63, 3.8) is 0 Å². The van der Waals surface area contributed by atoms with Gasteiger partial charge in [-0.15, -0.1) is 0 Å². The van der Waals surface area contributed by atoms with Gasteiger partial charge >= 0.3 is 0 Å². The monoisotopic (exact) mass is 392 g/mol. The fraction of sp³-hybridized carbons (Fsp3) is 0.190. The molecule has 4 rings (SSSR count). The smallest absolute Gasteiger partial charge is 0.257 e. The third kappa shape index (κ3) is 3.45. The normalized spacial score (nSPS) is 13.7. The van der Waals surface area contributed by atoms with Crippen LogP contribution in [0.15, 0.2) is 54.7 Å². The maximum atomic E-state index is 12.8. The maximum absolute atomic E-state index is 12.8. The van der Waals surface area contributed by atoms with Crippen LogP contribution >= 0.6 is 11.6 Å². The zero-order valence-corrected chi connectivity index (χ0v) is 15.9. The molecular weight excluding hydrogens is 376 g/mol. The van der Waals surface area contributed by atoms with E-state index in [4.69, 9.17) is 21.6 Å². The van der Waals surface area contributed by atoms with E-state index in [9.17, 15) is 4.79 Å². The Labute approximate surface area is 167 Å². The van der Waals surface area contributed by atoms with Crippen LogP contribution in [0, 0.1) is 18.3 Å². The second kappa shape index (κ2) is 7.37. The van der Waals surface area contributed by atoms with Crippen LogP contribution in [0.5, 0.6) is 5.75 Å². The number of ether oxygens (including phenoxy) is 1. The number of likely N-dealkylation sites (tertiary alicyclic amines) is 1. The van der Waals surface area contributed by atoms with Gasteiger partial charge in [0.05, 0.1) is 47.9 Å². The summed E-state index contributed by atoms with van der Waals surface area (Å²) in [6.07, 6.45) is 1.50. The number of halogens is 1. The molecule has 1 aliphatic rings. The second-order valence-electron chi connectivity index (χ2n) is 6.62. The molecular formula is C21H17ClN4O2. The number of hydrogen-bond acceptors (Lipinski definition) is 4. The molecule has 0 atom stereocenters. The van der Waals surface area contributed by atoms with Crippen molar-refractivity contribution in [1.29, 1.82) is 5.26 Å². The van der Waals surface area contributed by atoms with Crippen molar-refractivity contribution < 1.29 is 9.53 Å². The summed E-state index contributed by atoms with van der Waals surface area (Å²) in [4.78, 5) is 14.5. The molecule has 0 bridgehead atoms. The highest BCUT2D eigenvalue weighted by Crippen LogP contribution is 2.23. The van der Waals surface area contributed by atoms with E-state index in [1.165, 1.54) is 0 Å². The van der Waals surface area contributed by atoms with Gasteiger partial charge in [0.15, 0.2) is 0 Å². The number of hydrogen-bond donors (Lipinski definition) is 0. The van der Waals surface area contributed by atoms with Gasteiger partial charge in [-0.3, -0.25) is 4.79 Å².